The number of aliphatic hydroxyl groups is 2. The van der Waals surface area contributed by atoms with Crippen molar-refractivity contribution in [3.63, 3.8) is 0 Å². The maximum Gasteiger partial charge on any atom is 0.120 e. The zero-order valence-corrected chi connectivity index (χ0v) is 16.1. The van der Waals surface area contributed by atoms with Crippen LogP contribution in [0.15, 0.2) is 11.6 Å². The van der Waals surface area contributed by atoms with Gasteiger partial charge >= 0.3 is 0 Å². The minimum atomic E-state index is -0.531. The van der Waals surface area contributed by atoms with Gasteiger partial charge in [-0.3, -0.25) is 0 Å². The molecule has 0 aromatic carbocycles. The van der Waals surface area contributed by atoms with Crippen molar-refractivity contribution in [3.8, 4) is 11.8 Å². The summed E-state index contributed by atoms with van der Waals surface area (Å²) in [5.41, 5.74) is 1.51. The topological polar surface area (TPSA) is 57.5 Å². The summed E-state index contributed by atoms with van der Waals surface area (Å²) < 4.78 is 0. The molecule has 0 radical (unpaired) electrons. The second kappa shape index (κ2) is 9.20. The van der Waals surface area contributed by atoms with Gasteiger partial charge in [0.1, 0.15) is 12.4 Å². The van der Waals surface area contributed by atoms with E-state index in [1.807, 2.05) is 0 Å². The molecule has 0 bridgehead atoms. The van der Waals surface area contributed by atoms with Crippen LogP contribution in [0.2, 0.25) is 0 Å². The van der Waals surface area contributed by atoms with Gasteiger partial charge < -0.3 is 15.0 Å². The summed E-state index contributed by atoms with van der Waals surface area (Å²) in [5.74, 6) is 8.15. The van der Waals surface area contributed by atoms with Crippen LogP contribution in [-0.2, 0) is 4.79 Å². The van der Waals surface area contributed by atoms with E-state index in [0.717, 1.165) is 44.8 Å². The Morgan fingerprint density at radius 2 is 1.92 bits per heavy atom. The van der Waals surface area contributed by atoms with Crippen molar-refractivity contribution in [3.05, 3.63) is 11.6 Å². The van der Waals surface area contributed by atoms with E-state index in [4.69, 9.17) is 0 Å². The van der Waals surface area contributed by atoms with Crippen molar-refractivity contribution < 1.29 is 15.0 Å². The highest BCUT2D eigenvalue weighted by atomic mass is 16.3. The van der Waals surface area contributed by atoms with E-state index < -0.39 is 6.10 Å². The van der Waals surface area contributed by atoms with Crippen LogP contribution in [0.1, 0.15) is 71.1 Å². The summed E-state index contributed by atoms with van der Waals surface area (Å²) in [5, 5.41) is 21.0. The predicted octanol–water partition coefficient (Wildman–Crippen LogP) is 3.88. The molecule has 0 spiro atoms. The van der Waals surface area contributed by atoms with Gasteiger partial charge in [0.2, 0.25) is 0 Å². The molecule has 0 aliphatic heterocycles. The lowest BCUT2D eigenvalue weighted by atomic mass is 9.51. The van der Waals surface area contributed by atoms with E-state index in [9.17, 15) is 15.0 Å². The Morgan fingerprint density at radius 1 is 1.15 bits per heavy atom. The first kappa shape index (κ1) is 19.6. The van der Waals surface area contributed by atoms with Gasteiger partial charge in [0.25, 0.3) is 0 Å². The molecule has 3 aliphatic carbocycles. The average Bonchev–Trinajstić information content (AvgIpc) is 2.67. The third-order valence-electron chi connectivity index (χ3n) is 7.00. The van der Waals surface area contributed by atoms with Crippen molar-refractivity contribution in [2.45, 2.75) is 83.3 Å². The number of unbranched alkanes of at least 4 members (excludes halogenated alkanes) is 2. The Labute approximate surface area is 158 Å². The van der Waals surface area contributed by atoms with E-state index in [1.54, 1.807) is 0 Å². The molecule has 2 unspecified atom stereocenters. The molecule has 2 N–H and O–H groups in total. The van der Waals surface area contributed by atoms with Crippen LogP contribution in [0.5, 0.6) is 0 Å². The maximum atomic E-state index is 10.5. The smallest absolute Gasteiger partial charge is 0.120 e. The molecule has 3 aliphatic rings. The van der Waals surface area contributed by atoms with Crippen LogP contribution in [0, 0.1) is 41.4 Å². The second-order valence-electron chi connectivity index (χ2n) is 8.58. The van der Waals surface area contributed by atoms with Gasteiger partial charge in [0.15, 0.2) is 0 Å². The van der Waals surface area contributed by atoms with Gasteiger partial charge in [0.05, 0.1) is 12.0 Å². The van der Waals surface area contributed by atoms with E-state index in [2.05, 4.69) is 24.8 Å². The zero-order chi connectivity index (χ0) is 18.5. The maximum absolute atomic E-state index is 10.5. The number of carbonyl (C=O) groups excluding carboxylic acids is 1. The number of aldehydes is 1. The lowest BCUT2D eigenvalue weighted by molar-refractivity contribution is -0.107. The standard InChI is InChI=1S/C23H34O3/c1-16-18(10-6-3-7-15-24)19-11-14-22(26)20(23(16)19)12-13-21(25)17-8-4-2-5-9-17/h10,15-17,19-23,25-26H,2-9,11,14H2,1H3/t16?,19-,20+,21?,22-,23+/m1/s1. The van der Waals surface area contributed by atoms with Crippen molar-refractivity contribution in [2.75, 3.05) is 0 Å². The average molecular weight is 359 g/mol. The summed E-state index contributed by atoms with van der Waals surface area (Å²) >= 11 is 0. The van der Waals surface area contributed by atoms with Gasteiger partial charge in [-0.2, -0.15) is 0 Å². The summed E-state index contributed by atoms with van der Waals surface area (Å²) in [6, 6.07) is 0. The highest BCUT2D eigenvalue weighted by molar-refractivity contribution is 5.49. The Kier molecular flexibility index (Phi) is 6.95. The third-order valence-corrected chi connectivity index (χ3v) is 7.00. The molecule has 0 amide bonds. The number of rotatable bonds is 5. The van der Waals surface area contributed by atoms with Crippen LogP contribution >= 0.6 is 0 Å². The minimum absolute atomic E-state index is 0.00545. The molecular formula is C23H34O3. The van der Waals surface area contributed by atoms with Crippen molar-refractivity contribution in [1.29, 1.82) is 0 Å². The van der Waals surface area contributed by atoms with Gasteiger partial charge in [-0.25, -0.2) is 0 Å². The Hall–Kier alpha value is -1.11. The molecule has 0 saturated heterocycles. The first-order valence-corrected chi connectivity index (χ1v) is 10.6. The van der Waals surface area contributed by atoms with Crippen LogP contribution in [0.25, 0.3) is 0 Å². The number of fused-ring (bicyclic) bond motifs is 1. The highest BCUT2D eigenvalue weighted by Gasteiger charge is 2.50. The molecule has 144 valence electrons. The van der Waals surface area contributed by atoms with Crippen LogP contribution in [0.4, 0.5) is 0 Å². The molecule has 3 heteroatoms. The molecule has 0 aromatic heterocycles. The SMILES string of the molecule is CC1C(=CCCCC=O)[C@H]2CC[C@@H](O)[C@H](C#CC(O)C3CCCCC3)[C@@H]12. The second-order valence-corrected chi connectivity index (χ2v) is 8.58. The molecule has 3 fully saturated rings. The van der Waals surface area contributed by atoms with E-state index in [0.29, 0.717) is 30.1 Å². The van der Waals surface area contributed by atoms with Crippen LogP contribution in [-0.4, -0.2) is 28.7 Å². The van der Waals surface area contributed by atoms with Crippen LogP contribution in [0.3, 0.4) is 0 Å². The zero-order valence-electron chi connectivity index (χ0n) is 16.1. The molecular weight excluding hydrogens is 324 g/mol. The first-order valence-electron chi connectivity index (χ1n) is 10.6. The minimum Gasteiger partial charge on any atom is -0.392 e. The number of aliphatic hydroxyl groups excluding tert-OH is 2. The Bertz CT molecular complexity index is 564. The van der Waals surface area contributed by atoms with E-state index in [1.165, 1.54) is 24.8 Å². The monoisotopic (exact) mass is 358 g/mol. The third kappa shape index (κ3) is 4.24. The quantitative estimate of drug-likeness (QED) is 0.339. The lowest BCUT2D eigenvalue weighted by Crippen LogP contribution is -2.50. The molecule has 6 atom stereocenters. The number of carbonyl (C=O) groups is 1. The van der Waals surface area contributed by atoms with Gasteiger partial charge in [-0.15, -0.1) is 0 Å². The predicted molar refractivity (Wildman–Crippen MR) is 103 cm³/mol. The molecule has 0 heterocycles. The fourth-order valence-corrected chi connectivity index (χ4v) is 5.47. The lowest BCUT2D eigenvalue weighted by Gasteiger charge is -2.53. The Morgan fingerprint density at radius 3 is 2.65 bits per heavy atom. The van der Waals surface area contributed by atoms with Crippen LogP contribution < -0.4 is 0 Å². The molecule has 3 rings (SSSR count). The fraction of sp³-hybridized carbons (Fsp3) is 0.783. The number of allylic oxidation sites excluding steroid dienone is 2. The first-order chi connectivity index (χ1) is 12.6. The summed E-state index contributed by atoms with van der Waals surface area (Å²) in [7, 11) is 0. The number of hydrogen-bond acceptors (Lipinski definition) is 3. The molecule has 3 saturated carbocycles. The van der Waals surface area contributed by atoms with E-state index >= 15 is 0 Å². The Balaban J connectivity index is 1.63. The van der Waals surface area contributed by atoms with Crippen molar-refractivity contribution in [1.82, 2.24) is 0 Å². The molecule has 0 aromatic rings. The normalized spacial score (nSPS) is 37.2. The summed E-state index contributed by atoms with van der Waals surface area (Å²) in [6.07, 6.45) is 12.7. The van der Waals surface area contributed by atoms with Gasteiger partial charge in [-0.05, 0) is 62.2 Å². The summed E-state index contributed by atoms with van der Waals surface area (Å²) in [4.78, 5) is 10.5. The molecule has 3 nitrogen and oxygen atoms in total. The van der Waals surface area contributed by atoms with Gasteiger partial charge in [-0.1, -0.05) is 49.7 Å². The number of hydrogen-bond donors (Lipinski definition) is 2. The van der Waals surface area contributed by atoms with E-state index in [-0.39, 0.29) is 12.0 Å². The van der Waals surface area contributed by atoms with Gasteiger partial charge in [0, 0.05) is 6.42 Å². The highest BCUT2D eigenvalue weighted by Crippen LogP contribution is 2.55. The molecule has 26 heavy (non-hydrogen) atoms. The van der Waals surface area contributed by atoms with Crippen molar-refractivity contribution in [2.24, 2.45) is 29.6 Å². The fourth-order valence-electron chi connectivity index (χ4n) is 5.47. The summed E-state index contributed by atoms with van der Waals surface area (Å²) in [6.45, 7) is 2.25. The largest absolute Gasteiger partial charge is 0.392 e. The van der Waals surface area contributed by atoms with Crippen molar-refractivity contribution >= 4 is 6.29 Å².